The number of para-hydroxylation sites is 3. The lowest BCUT2D eigenvalue weighted by Crippen LogP contribution is -1.93. The van der Waals surface area contributed by atoms with Crippen molar-refractivity contribution in [1.82, 2.24) is 9.38 Å². The first-order valence-electron chi connectivity index (χ1n) is 9.93. The fraction of sp³-hybridized carbons (Fsp3) is 0. The van der Waals surface area contributed by atoms with E-state index in [2.05, 4.69) is 101 Å². The summed E-state index contributed by atoms with van der Waals surface area (Å²) in [4.78, 5) is 5.11. The van der Waals surface area contributed by atoms with Crippen LogP contribution < -0.4 is 0 Å². The smallest absolute Gasteiger partial charge is 0.147 e. The lowest BCUT2D eigenvalue weighted by molar-refractivity contribution is 1.32. The SMILES string of the molecule is c1ccc2c(c1)nc1c3c4ccccc4c4ccccc4c3c3ccccc3n21. The van der Waals surface area contributed by atoms with Gasteiger partial charge in [-0.15, -0.1) is 0 Å². The van der Waals surface area contributed by atoms with Gasteiger partial charge >= 0.3 is 0 Å². The van der Waals surface area contributed by atoms with Crippen LogP contribution in [0.25, 0.3) is 59.9 Å². The van der Waals surface area contributed by atoms with Crippen LogP contribution >= 0.6 is 0 Å². The van der Waals surface area contributed by atoms with E-state index < -0.39 is 0 Å². The molecule has 2 heterocycles. The molecule has 0 aliphatic rings. The van der Waals surface area contributed by atoms with Crippen LogP contribution in [0.15, 0.2) is 97.1 Å². The molecule has 0 aliphatic heterocycles. The third-order valence-electron chi connectivity index (χ3n) is 6.13. The molecule has 0 atom stereocenters. The molecule has 2 aromatic heterocycles. The quantitative estimate of drug-likeness (QED) is 0.261. The maximum absolute atomic E-state index is 5.11. The molecule has 29 heavy (non-hydrogen) atoms. The number of nitrogens with zero attached hydrogens (tertiary/aromatic N) is 2. The van der Waals surface area contributed by atoms with Gasteiger partial charge < -0.3 is 0 Å². The van der Waals surface area contributed by atoms with Crippen molar-refractivity contribution < 1.29 is 0 Å². The first-order valence-corrected chi connectivity index (χ1v) is 9.93. The minimum Gasteiger partial charge on any atom is -0.292 e. The Labute approximate surface area is 166 Å². The minimum atomic E-state index is 1.03. The molecular formula is C27H16N2. The number of rotatable bonds is 0. The van der Waals surface area contributed by atoms with E-state index in [9.17, 15) is 0 Å². The Balaban J connectivity index is 1.98. The zero-order chi connectivity index (χ0) is 18.9. The zero-order valence-electron chi connectivity index (χ0n) is 15.6. The van der Waals surface area contributed by atoms with Gasteiger partial charge in [0.2, 0.25) is 0 Å². The average molecular weight is 368 g/mol. The maximum atomic E-state index is 5.11. The highest BCUT2D eigenvalue weighted by atomic mass is 15.0. The fourth-order valence-corrected chi connectivity index (χ4v) is 4.97. The third kappa shape index (κ3) is 1.83. The highest BCUT2D eigenvalue weighted by Crippen LogP contribution is 2.41. The summed E-state index contributed by atoms with van der Waals surface area (Å²) < 4.78 is 2.33. The Kier molecular flexibility index (Phi) is 2.77. The summed E-state index contributed by atoms with van der Waals surface area (Å²) in [6, 6.07) is 34.6. The van der Waals surface area contributed by atoms with Gasteiger partial charge in [-0.05, 0) is 39.7 Å². The number of benzene rings is 5. The van der Waals surface area contributed by atoms with Crippen LogP contribution in [0.3, 0.4) is 0 Å². The summed E-state index contributed by atoms with van der Waals surface area (Å²) in [6.07, 6.45) is 0. The number of hydrogen-bond acceptors (Lipinski definition) is 1. The van der Waals surface area contributed by atoms with Crippen LogP contribution in [0, 0.1) is 0 Å². The molecule has 0 spiro atoms. The normalized spacial score (nSPS) is 12.1. The van der Waals surface area contributed by atoms with Gasteiger partial charge in [-0.1, -0.05) is 78.9 Å². The monoisotopic (exact) mass is 368 g/mol. The molecule has 7 aromatic rings. The van der Waals surface area contributed by atoms with E-state index in [4.69, 9.17) is 4.98 Å². The van der Waals surface area contributed by atoms with Gasteiger partial charge in [0.1, 0.15) is 5.65 Å². The number of hydrogen-bond donors (Lipinski definition) is 0. The van der Waals surface area contributed by atoms with E-state index in [1.54, 1.807) is 0 Å². The van der Waals surface area contributed by atoms with Gasteiger partial charge in [0.25, 0.3) is 0 Å². The van der Waals surface area contributed by atoms with Crippen molar-refractivity contribution >= 4 is 59.9 Å². The largest absolute Gasteiger partial charge is 0.292 e. The predicted octanol–water partition coefficient (Wildman–Crippen LogP) is 7.10. The van der Waals surface area contributed by atoms with Crippen molar-refractivity contribution in [1.29, 1.82) is 0 Å². The number of pyridine rings is 1. The summed E-state index contributed by atoms with van der Waals surface area (Å²) in [5.41, 5.74) is 4.41. The van der Waals surface area contributed by atoms with Crippen LogP contribution in [0.2, 0.25) is 0 Å². The lowest BCUT2D eigenvalue weighted by Gasteiger charge is -2.14. The second-order valence-corrected chi connectivity index (χ2v) is 7.62. The van der Waals surface area contributed by atoms with E-state index in [1.807, 2.05) is 0 Å². The molecule has 0 aliphatic carbocycles. The molecule has 2 heteroatoms. The number of imidazole rings is 1. The minimum absolute atomic E-state index is 1.03. The molecule has 2 nitrogen and oxygen atoms in total. The van der Waals surface area contributed by atoms with Crippen LogP contribution in [0.1, 0.15) is 0 Å². The second kappa shape index (κ2) is 5.33. The van der Waals surface area contributed by atoms with E-state index >= 15 is 0 Å². The summed E-state index contributed by atoms with van der Waals surface area (Å²) in [6.45, 7) is 0. The van der Waals surface area contributed by atoms with Crippen molar-refractivity contribution in [3.8, 4) is 0 Å². The first-order chi connectivity index (χ1) is 14.4. The zero-order valence-corrected chi connectivity index (χ0v) is 15.6. The molecule has 0 radical (unpaired) electrons. The topological polar surface area (TPSA) is 17.3 Å². The Morgan fingerprint density at radius 3 is 1.69 bits per heavy atom. The van der Waals surface area contributed by atoms with E-state index in [-0.39, 0.29) is 0 Å². The van der Waals surface area contributed by atoms with E-state index in [1.165, 1.54) is 43.2 Å². The van der Waals surface area contributed by atoms with Crippen molar-refractivity contribution in [2.24, 2.45) is 0 Å². The Morgan fingerprint density at radius 1 is 0.448 bits per heavy atom. The molecule has 134 valence electrons. The van der Waals surface area contributed by atoms with Gasteiger partial charge in [-0.2, -0.15) is 0 Å². The Bertz CT molecular complexity index is 1760. The van der Waals surface area contributed by atoms with Gasteiger partial charge in [-0.3, -0.25) is 4.40 Å². The van der Waals surface area contributed by atoms with Crippen LogP contribution in [-0.2, 0) is 0 Å². The molecular weight excluding hydrogens is 352 g/mol. The van der Waals surface area contributed by atoms with Crippen LogP contribution in [0.5, 0.6) is 0 Å². The standard InChI is InChI=1S/C27H16N2/c1-3-11-19-17(9-1)18-10-2-4-12-20(18)26-25(19)21-13-5-7-15-23(21)29-24-16-8-6-14-22(24)28-27(26)29/h1-16H. The Hall–Kier alpha value is -3.91. The fourth-order valence-electron chi connectivity index (χ4n) is 4.97. The summed E-state index contributed by atoms with van der Waals surface area (Å²) in [5.74, 6) is 0. The number of fused-ring (bicyclic) bond motifs is 13. The molecule has 0 saturated carbocycles. The molecule has 0 N–H and O–H groups in total. The van der Waals surface area contributed by atoms with E-state index in [0.717, 1.165) is 16.7 Å². The Morgan fingerprint density at radius 2 is 0.966 bits per heavy atom. The van der Waals surface area contributed by atoms with E-state index in [0.29, 0.717) is 0 Å². The molecule has 0 fully saturated rings. The van der Waals surface area contributed by atoms with Gasteiger partial charge in [0.15, 0.2) is 0 Å². The van der Waals surface area contributed by atoms with Crippen molar-refractivity contribution in [3.05, 3.63) is 97.1 Å². The second-order valence-electron chi connectivity index (χ2n) is 7.62. The van der Waals surface area contributed by atoms with Crippen LogP contribution in [0.4, 0.5) is 0 Å². The van der Waals surface area contributed by atoms with Gasteiger partial charge in [0.05, 0.1) is 16.6 Å². The molecule has 7 rings (SSSR count). The third-order valence-corrected chi connectivity index (χ3v) is 6.13. The predicted molar refractivity (Wildman–Crippen MR) is 123 cm³/mol. The molecule has 0 unspecified atom stereocenters. The maximum Gasteiger partial charge on any atom is 0.147 e. The van der Waals surface area contributed by atoms with Gasteiger partial charge in [0, 0.05) is 16.2 Å². The molecule has 0 bridgehead atoms. The molecule has 0 amide bonds. The highest BCUT2D eigenvalue weighted by Gasteiger charge is 2.18. The summed E-state index contributed by atoms with van der Waals surface area (Å²) in [7, 11) is 0. The average Bonchev–Trinajstić information content (AvgIpc) is 3.18. The molecule has 0 saturated heterocycles. The molecule has 5 aromatic carbocycles. The number of aromatic nitrogens is 2. The van der Waals surface area contributed by atoms with Crippen LogP contribution in [-0.4, -0.2) is 9.38 Å². The highest BCUT2D eigenvalue weighted by molar-refractivity contribution is 6.34. The lowest BCUT2D eigenvalue weighted by atomic mass is 9.93. The van der Waals surface area contributed by atoms with Gasteiger partial charge in [-0.25, -0.2) is 4.98 Å². The first kappa shape index (κ1) is 15.1. The van der Waals surface area contributed by atoms with Crippen molar-refractivity contribution in [2.75, 3.05) is 0 Å². The van der Waals surface area contributed by atoms with Crippen molar-refractivity contribution in [3.63, 3.8) is 0 Å². The van der Waals surface area contributed by atoms with Crippen molar-refractivity contribution in [2.45, 2.75) is 0 Å². The summed E-state index contributed by atoms with van der Waals surface area (Å²) >= 11 is 0. The summed E-state index contributed by atoms with van der Waals surface area (Å²) in [5, 5.41) is 8.90.